The highest BCUT2D eigenvalue weighted by Crippen LogP contribution is 2.36. The molecule has 1 saturated carbocycles. The van der Waals surface area contributed by atoms with Gasteiger partial charge in [-0.05, 0) is 48.7 Å². The van der Waals surface area contributed by atoms with E-state index in [-0.39, 0.29) is 28.4 Å². The van der Waals surface area contributed by atoms with Crippen molar-refractivity contribution < 1.29 is 23.4 Å². The van der Waals surface area contributed by atoms with Gasteiger partial charge in [0.1, 0.15) is 11.4 Å². The Morgan fingerprint density at radius 2 is 2.00 bits per heavy atom. The van der Waals surface area contributed by atoms with Crippen molar-refractivity contribution in [3.63, 3.8) is 0 Å². The number of amides is 1. The molecule has 0 heterocycles. The first-order chi connectivity index (χ1) is 13.2. The summed E-state index contributed by atoms with van der Waals surface area (Å²) in [5.41, 5.74) is 4.95. The maximum Gasteiger partial charge on any atom is 0.256 e. The Labute approximate surface area is 160 Å². The van der Waals surface area contributed by atoms with Crippen LogP contribution < -0.4 is 15.8 Å². The number of benzene rings is 2. The average Bonchev–Trinajstić information content (AvgIpc) is 3.41. The molecule has 28 heavy (non-hydrogen) atoms. The molecule has 0 unspecified atom stereocenters. The fraction of sp³-hybridized carbons (Fsp3) is 0.200. The largest absolute Gasteiger partial charge is 0.494 e. The van der Waals surface area contributed by atoms with Gasteiger partial charge in [0.2, 0.25) is 0 Å². The van der Waals surface area contributed by atoms with Gasteiger partial charge < -0.3 is 26.3 Å². The molecular weight excluding hydrogens is 368 g/mol. The highest BCUT2D eigenvalue weighted by molar-refractivity contribution is 6.13. The lowest BCUT2D eigenvalue weighted by atomic mass is 10.0. The summed E-state index contributed by atoms with van der Waals surface area (Å²) in [6, 6.07) is 6.47. The van der Waals surface area contributed by atoms with Gasteiger partial charge in [0.15, 0.2) is 11.6 Å². The van der Waals surface area contributed by atoms with Gasteiger partial charge in [0, 0.05) is 11.3 Å². The van der Waals surface area contributed by atoms with Crippen molar-refractivity contribution in [3.8, 4) is 5.75 Å². The Kier molecular flexibility index (Phi) is 5.15. The number of nitrogen functional groups attached to an aromatic ring is 1. The predicted octanol–water partition coefficient (Wildman–Crippen LogP) is 3.10. The molecule has 0 atom stereocenters. The third-order valence-corrected chi connectivity index (χ3v) is 4.44. The third-order valence-electron chi connectivity index (χ3n) is 4.44. The number of nitrogens with two attached hydrogens (primary N) is 1. The number of nitrogens with one attached hydrogen (secondary N) is 2. The fourth-order valence-corrected chi connectivity index (χ4v) is 2.55. The molecule has 146 valence electrons. The lowest BCUT2D eigenvalue weighted by Crippen LogP contribution is -2.29. The van der Waals surface area contributed by atoms with Gasteiger partial charge in [-0.15, -0.1) is 0 Å². The second kappa shape index (κ2) is 7.40. The lowest BCUT2D eigenvalue weighted by molar-refractivity contribution is -0.125. The SMILES string of the molecule is COc1cc(/C=C/C(=N)c2cc(NC(=O)C3(O)CC3)c(F)cc2N)ccc1F. The predicted molar refractivity (Wildman–Crippen MR) is 102 cm³/mol. The fourth-order valence-electron chi connectivity index (χ4n) is 2.55. The van der Waals surface area contributed by atoms with E-state index in [0.717, 1.165) is 6.07 Å². The summed E-state index contributed by atoms with van der Waals surface area (Å²) >= 11 is 0. The van der Waals surface area contributed by atoms with Crippen LogP contribution in [0.15, 0.2) is 36.4 Å². The van der Waals surface area contributed by atoms with E-state index >= 15 is 0 Å². The first kappa shape index (κ1) is 19.5. The molecule has 2 aromatic carbocycles. The number of ether oxygens (including phenoxy) is 1. The smallest absolute Gasteiger partial charge is 0.256 e. The van der Waals surface area contributed by atoms with Crippen molar-refractivity contribution >= 4 is 29.1 Å². The Bertz CT molecular complexity index is 985. The standard InChI is InChI=1S/C20H19F2N3O3/c1-28-18-8-11(2-4-13(18)21)3-5-15(23)12-9-17(14(22)10-16(12)24)25-19(26)20(27)6-7-20/h2-5,8-10,23,27H,6-7,24H2,1H3,(H,25,26)/b5-3+,23-15?. The van der Waals surface area contributed by atoms with E-state index in [1.807, 2.05) is 0 Å². The van der Waals surface area contributed by atoms with Crippen LogP contribution in [0, 0.1) is 17.0 Å². The maximum atomic E-state index is 14.1. The molecule has 1 fully saturated rings. The number of methoxy groups -OCH3 is 1. The van der Waals surface area contributed by atoms with Crippen LogP contribution in [-0.4, -0.2) is 29.4 Å². The lowest BCUT2D eigenvalue weighted by Gasteiger charge is -2.13. The Balaban J connectivity index is 1.83. The van der Waals surface area contributed by atoms with E-state index in [0.29, 0.717) is 18.4 Å². The van der Waals surface area contributed by atoms with Gasteiger partial charge in [-0.2, -0.15) is 0 Å². The number of hydrogen-bond donors (Lipinski definition) is 4. The van der Waals surface area contributed by atoms with Crippen molar-refractivity contribution in [1.29, 1.82) is 5.41 Å². The van der Waals surface area contributed by atoms with Crippen LogP contribution in [0.4, 0.5) is 20.2 Å². The Morgan fingerprint density at radius 1 is 1.29 bits per heavy atom. The van der Waals surface area contributed by atoms with Gasteiger partial charge >= 0.3 is 0 Å². The molecule has 3 rings (SSSR count). The molecule has 1 aliphatic carbocycles. The summed E-state index contributed by atoms with van der Waals surface area (Å²) in [5, 5.41) is 20.3. The van der Waals surface area contributed by atoms with Crippen molar-refractivity contribution in [2.75, 3.05) is 18.2 Å². The van der Waals surface area contributed by atoms with Gasteiger partial charge in [-0.3, -0.25) is 4.79 Å². The highest BCUT2D eigenvalue weighted by Gasteiger charge is 2.48. The van der Waals surface area contributed by atoms with E-state index in [2.05, 4.69) is 5.32 Å². The van der Waals surface area contributed by atoms with Crippen LogP contribution in [0.5, 0.6) is 5.75 Å². The van der Waals surface area contributed by atoms with Gasteiger partial charge in [-0.25, -0.2) is 8.78 Å². The third kappa shape index (κ3) is 4.01. The molecule has 1 amide bonds. The summed E-state index contributed by atoms with van der Waals surface area (Å²) in [5.74, 6) is -1.89. The Morgan fingerprint density at radius 3 is 2.64 bits per heavy atom. The number of allylic oxidation sites excluding steroid dienone is 1. The zero-order valence-electron chi connectivity index (χ0n) is 15.1. The molecule has 8 heteroatoms. The second-order valence-electron chi connectivity index (χ2n) is 6.55. The molecule has 2 aromatic rings. The van der Waals surface area contributed by atoms with Crippen molar-refractivity contribution in [2.24, 2.45) is 0 Å². The van der Waals surface area contributed by atoms with Crippen LogP contribution in [0.2, 0.25) is 0 Å². The van der Waals surface area contributed by atoms with E-state index in [1.165, 1.54) is 37.5 Å². The van der Waals surface area contributed by atoms with Crippen LogP contribution in [-0.2, 0) is 4.79 Å². The molecule has 0 saturated heterocycles. The monoisotopic (exact) mass is 387 g/mol. The minimum atomic E-state index is -1.46. The van der Waals surface area contributed by atoms with Crippen LogP contribution >= 0.6 is 0 Å². The highest BCUT2D eigenvalue weighted by atomic mass is 19.1. The molecule has 0 aromatic heterocycles. The maximum absolute atomic E-state index is 14.1. The minimum Gasteiger partial charge on any atom is -0.494 e. The molecule has 6 nitrogen and oxygen atoms in total. The summed E-state index contributed by atoms with van der Waals surface area (Å²) in [4.78, 5) is 11.9. The van der Waals surface area contributed by atoms with Crippen molar-refractivity contribution in [3.05, 3.63) is 59.2 Å². The number of halogens is 2. The van der Waals surface area contributed by atoms with Gasteiger partial charge in [0.25, 0.3) is 5.91 Å². The number of aliphatic hydroxyl groups is 1. The van der Waals surface area contributed by atoms with Crippen molar-refractivity contribution in [1.82, 2.24) is 0 Å². The second-order valence-corrected chi connectivity index (χ2v) is 6.55. The summed E-state index contributed by atoms with van der Waals surface area (Å²) in [6.07, 6.45) is 3.61. The van der Waals surface area contributed by atoms with Crippen LogP contribution in [0.25, 0.3) is 6.08 Å². The molecule has 1 aliphatic rings. The van der Waals surface area contributed by atoms with Crippen molar-refractivity contribution in [2.45, 2.75) is 18.4 Å². The average molecular weight is 387 g/mol. The normalized spacial score (nSPS) is 14.7. The number of hydrogen-bond acceptors (Lipinski definition) is 5. The number of anilines is 2. The number of carbonyl (C=O) groups excluding carboxylic acids is 1. The van der Waals surface area contributed by atoms with Crippen LogP contribution in [0.3, 0.4) is 0 Å². The Hall–Kier alpha value is -3.26. The molecule has 5 N–H and O–H groups in total. The molecular formula is C20H19F2N3O3. The quantitative estimate of drug-likeness (QED) is 0.451. The minimum absolute atomic E-state index is 0.0203. The zero-order chi connectivity index (χ0) is 20.5. The van der Waals surface area contributed by atoms with Gasteiger partial charge in [-0.1, -0.05) is 12.1 Å². The van der Waals surface area contributed by atoms with Crippen LogP contribution in [0.1, 0.15) is 24.0 Å². The van der Waals surface area contributed by atoms with Gasteiger partial charge in [0.05, 0.1) is 18.5 Å². The molecule has 0 aliphatic heterocycles. The topological polar surface area (TPSA) is 108 Å². The van der Waals surface area contributed by atoms with E-state index < -0.39 is 23.1 Å². The molecule has 0 bridgehead atoms. The van der Waals surface area contributed by atoms with E-state index in [9.17, 15) is 18.7 Å². The number of rotatable bonds is 6. The zero-order valence-corrected chi connectivity index (χ0v) is 15.1. The summed E-state index contributed by atoms with van der Waals surface area (Å²) < 4.78 is 32.5. The first-order valence-electron chi connectivity index (χ1n) is 8.47. The van der Waals surface area contributed by atoms with E-state index in [4.69, 9.17) is 15.9 Å². The number of carbonyl (C=O) groups is 1. The molecule has 0 radical (unpaired) electrons. The van der Waals surface area contributed by atoms with E-state index in [1.54, 1.807) is 6.08 Å². The summed E-state index contributed by atoms with van der Waals surface area (Å²) in [7, 11) is 1.35. The first-order valence-corrected chi connectivity index (χ1v) is 8.47. The summed E-state index contributed by atoms with van der Waals surface area (Å²) in [6.45, 7) is 0. The molecule has 0 spiro atoms.